The SMILES string of the molecule is NCC(C(=O)O)c1cnc2ccccn12. The van der Waals surface area contributed by atoms with Gasteiger partial charge in [-0.25, -0.2) is 4.98 Å². The summed E-state index contributed by atoms with van der Waals surface area (Å²) in [7, 11) is 0. The smallest absolute Gasteiger partial charge is 0.313 e. The van der Waals surface area contributed by atoms with E-state index in [9.17, 15) is 4.79 Å². The lowest BCUT2D eigenvalue weighted by Gasteiger charge is -2.08. The quantitative estimate of drug-likeness (QED) is 0.762. The summed E-state index contributed by atoms with van der Waals surface area (Å²) in [5, 5.41) is 8.98. The van der Waals surface area contributed by atoms with Gasteiger partial charge < -0.3 is 15.2 Å². The zero-order chi connectivity index (χ0) is 10.8. The topological polar surface area (TPSA) is 80.6 Å². The van der Waals surface area contributed by atoms with Crippen LogP contribution in [0, 0.1) is 0 Å². The Bertz CT molecular complexity index is 492. The molecule has 2 heterocycles. The number of hydrogen-bond acceptors (Lipinski definition) is 3. The average Bonchev–Trinajstić information content (AvgIpc) is 2.63. The molecule has 1 unspecified atom stereocenters. The Morgan fingerprint density at radius 3 is 3.07 bits per heavy atom. The van der Waals surface area contributed by atoms with E-state index in [1.54, 1.807) is 16.8 Å². The Hall–Kier alpha value is -1.88. The second-order valence-electron chi connectivity index (χ2n) is 3.24. The van der Waals surface area contributed by atoms with E-state index in [0.717, 1.165) is 5.65 Å². The maximum atomic E-state index is 11.0. The normalized spacial score (nSPS) is 12.9. The maximum absolute atomic E-state index is 11.0. The number of aromatic nitrogens is 2. The van der Waals surface area contributed by atoms with Gasteiger partial charge in [0.1, 0.15) is 11.6 Å². The molecule has 0 saturated heterocycles. The fourth-order valence-corrected chi connectivity index (χ4v) is 1.56. The lowest BCUT2D eigenvalue weighted by molar-refractivity contribution is -0.138. The summed E-state index contributed by atoms with van der Waals surface area (Å²) in [4.78, 5) is 15.1. The molecule has 5 heteroatoms. The number of carboxylic acids is 1. The summed E-state index contributed by atoms with van der Waals surface area (Å²) < 4.78 is 1.74. The molecule has 0 aliphatic rings. The summed E-state index contributed by atoms with van der Waals surface area (Å²) in [6, 6.07) is 5.50. The zero-order valence-corrected chi connectivity index (χ0v) is 8.00. The molecule has 0 aromatic carbocycles. The third-order valence-corrected chi connectivity index (χ3v) is 2.34. The molecule has 0 radical (unpaired) electrons. The molecule has 0 saturated carbocycles. The Morgan fingerprint density at radius 2 is 2.40 bits per heavy atom. The Kier molecular flexibility index (Phi) is 2.39. The number of nitrogens with zero attached hydrogens (tertiary/aromatic N) is 2. The van der Waals surface area contributed by atoms with Crippen molar-refractivity contribution >= 4 is 11.6 Å². The fraction of sp³-hybridized carbons (Fsp3) is 0.200. The lowest BCUT2D eigenvalue weighted by atomic mass is 10.1. The van der Waals surface area contributed by atoms with Gasteiger partial charge >= 0.3 is 5.97 Å². The van der Waals surface area contributed by atoms with Gasteiger partial charge in [0.25, 0.3) is 0 Å². The summed E-state index contributed by atoms with van der Waals surface area (Å²) in [5.41, 5.74) is 6.77. The highest BCUT2D eigenvalue weighted by molar-refractivity contribution is 5.76. The highest BCUT2D eigenvalue weighted by Crippen LogP contribution is 2.16. The predicted octanol–water partition coefficient (Wildman–Crippen LogP) is 0.461. The number of pyridine rings is 1. The molecule has 0 aliphatic carbocycles. The molecule has 3 N–H and O–H groups in total. The molecule has 0 bridgehead atoms. The van der Waals surface area contributed by atoms with Crippen LogP contribution in [0.1, 0.15) is 11.6 Å². The minimum atomic E-state index is -0.928. The molecule has 0 fully saturated rings. The van der Waals surface area contributed by atoms with Crippen LogP contribution in [0.3, 0.4) is 0 Å². The summed E-state index contributed by atoms with van der Waals surface area (Å²) >= 11 is 0. The first kappa shape index (κ1) is 9.67. The summed E-state index contributed by atoms with van der Waals surface area (Å²) in [6.07, 6.45) is 3.34. The number of carbonyl (C=O) groups is 1. The van der Waals surface area contributed by atoms with Gasteiger partial charge in [0.15, 0.2) is 0 Å². The van der Waals surface area contributed by atoms with Gasteiger partial charge in [-0.15, -0.1) is 0 Å². The third-order valence-electron chi connectivity index (χ3n) is 2.34. The van der Waals surface area contributed by atoms with Crippen molar-refractivity contribution in [1.82, 2.24) is 9.38 Å². The van der Waals surface area contributed by atoms with Gasteiger partial charge in [-0.3, -0.25) is 4.79 Å². The first-order chi connectivity index (χ1) is 7.24. The van der Waals surface area contributed by atoms with Crippen molar-refractivity contribution in [2.75, 3.05) is 6.54 Å². The third kappa shape index (κ3) is 1.57. The number of carboxylic acid groups (broad SMARTS) is 1. The van der Waals surface area contributed by atoms with Gasteiger partial charge in [-0.05, 0) is 12.1 Å². The standard InChI is InChI=1S/C10H11N3O2/c11-5-7(10(14)15)8-6-12-9-3-1-2-4-13(8)9/h1-4,6-7H,5,11H2,(H,14,15). The Morgan fingerprint density at radius 1 is 1.60 bits per heavy atom. The monoisotopic (exact) mass is 205 g/mol. The van der Waals surface area contributed by atoms with Crippen molar-refractivity contribution in [2.24, 2.45) is 5.73 Å². The molecular formula is C10H11N3O2. The van der Waals surface area contributed by atoms with E-state index < -0.39 is 11.9 Å². The van der Waals surface area contributed by atoms with Crippen LogP contribution in [0.2, 0.25) is 0 Å². The lowest BCUT2D eigenvalue weighted by Crippen LogP contribution is -2.22. The van der Waals surface area contributed by atoms with Crippen LogP contribution >= 0.6 is 0 Å². The molecule has 0 spiro atoms. The van der Waals surface area contributed by atoms with Crippen LogP contribution in [0.15, 0.2) is 30.6 Å². The van der Waals surface area contributed by atoms with Crippen LogP contribution in [0.5, 0.6) is 0 Å². The van der Waals surface area contributed by atoms with E-state index in [2.05, 4.69) is 4.98 Å². The molecule has 5 nitrogen and oxygen atoms in total. The van der Waals surface area contributed by atoms with Gasteiger partial charge in [0, 0.05) is 12.7 Å². The highest BCUT2D eigenvalue weighted by atomic mass is 16.4. The van der Waals surface area contributed by atoms with E-state index in [1.807, 2.05) is 18.2 Å². The van der Waals surface area contributed by atoms with Crippen molar-refractivity contribution in [3.05, 3.63) is 36.3 Å². The van der Waals surface area contributed by atoms with Gasteiger partial charge in [-0.1, -0.05) is 6.07 Å². The second kappa shape index (κ2) is 3.70. The number of nitrogens with two attached hydrogens (primary N) is 1. The first-order valence-electron chi connectivity index (χ1n) is 4.59. The second-order valence-corrected chi connectivity index (χ2v) is 3.24. The highest BCUT2D eigenvalue weighted by Gasteiger charge is 2.21. The molecular weight excluding hydrogens is 194 g/mol. The molecule has 0 aliphatic heterocycles. The van der Waals surface area contributed by atoms with Gasteiger partial charge in [0.05, 0.1) is 11.9 Å². The fourth-order valence-electron chi connectivity index (χ4n) is 1.56. The van der Waals surface area contributed by atoms with Crippen molar-refractivity contribution < 1.29 is 9.90 Å². The summed E-state index contributed by atoms with van der Waals surface area (Å²) in [6.45, 7) is 0.0675. The molecule has 78 valence electrons. The van der Waals surface area contributed by atoms with Gasteiger partial charge in [-0.2, -0.15) is 0 Å². The number of fused-ring (bicyclic) bond motifs is 1. The van der Waals surface area contributed by atoms with Crippen LogP contribution in [-0.4, -0.2) is 27.0 Å². The van der Waals surface area contributed by atoms with E-state index in [0.29, 0.717) is 5.69 Å². The first-order valence-corrected chi connectivity index (χ1v) is 4.59. The van der Waals surface area contributed by atoms with Crippen molar-refractivity contribution in [2.45, 2.75) is 5.92 Å². The molecule has 0 amide bonds. The van der Waals surface area contributed by atoms with Crippen molar-refractivity contribution in [1.29, 1.82) is 0 Å². The van der Waals surface area contributed by atoms with Crippen LogP contribution in [0.4, 0.5) is 0 Å². The van der Waals surface area contributed by atoms with Crippen LogP contribution in [0.25, 0.3) is 5.65 Å². The van der Waals surface area contributed by atoms with Gasteiger partial charge in [0.2, 0.25) is 0 Å². The van der Waals surface area contributed by atoms with Crippen molar-refractivity contribution in [3.63, 3.8) is 0 Å². The number of hydrogen-bond donors (Lipinski definition) is 2. The Balaban J connectivity index is 2.55. The number of rotatable bonds is 3. The molecule has 2 aromatic heterocycles. The number of imidazole rings is 1. The van der Waals surface area contributed by atoms with E-state index >= 15 is 0 Å². The molecule has 2 rings (SSSR count). The summed E-state index contributed by atoms with van der Waals surface area (Å²) in [5.74, 6) is -1.63. The minimum absolute atomic E-state index is 0.0675. The Labute approximate surface area is 86.2 Å². The predicted molar refractivity (Wildman–Crippen MR) is 54.6 cm³/mol. The van der Waals surface area contributed by atoms with Crippen molar-refractivity contribution in [3.8, 4) is 0 Å². The average molecular weight is 205 g/mol. The minimum Gasteiger partial charge on any atom is -0.481 e. The van der Waals surface area contributed by atoms with E-state index in [1.165, 1.54) is 0 Å². The molecule has 2 aromatic rings. The number of aliphatic carboxylic acids is 1. The maximum Gasteiger partial charge on any atom is 0.313 e. The zero-order valence-electron chi connectivity index (χ0n) is 8.00. The van der Waals surface area contributed by atoms with E-state index in [-0.39, 0.29) is 6.54 Å². The van der Waals surface area contributed by atoms with E-state index in [4.69, 9.17) is 10.8 Å². The van der Waals surface area contributed by atoms with Crippen LogP contribution in [-0.2, 0) is 4.79 Å². The molecule has 15 heavy (non-hydrogen) atoms. The molecule has 1 atom stereocenters. The van der Waals surface area contributed by atoms with Crippen LogP contribution < -0.4 is 5.73 Å². The largest absolute Gasteiger partial charge is 0.481 e.